The lowest BCUT2D eigenvalue weighted by Crippen LogP contribution is -2.36. The number of halogens is 1. The molecule has 0 radical (unpaired) electrons. The van der Waals surface area contributed by atoms with Crippen molar-refractivity contribution in [2.24, 2.45) is 5.92 Å². The highest BCUT2D eigenvalue weighted by Crippen LogP contribution is 2.32. The van der Waals surface area contributed by atoms with Crippen LogP contribution >= 0.6 is 11.6 Å². The number of pyridine rings is 1. The van der Waals surface area contributed by atoms with Gasteiger partial charge in [0.25, 0.3) is 0 Å². The number of rotatable bonds is 2. The Kier molecular flexibility index (Phi) is 3.58. The zero-order chi connectivity index (χ0) is 13.2. The lowest BCUT2D eigenvalue weighted by Gasteiger charge is -2.34. The van der Waals surface area contributed by atoms with Crippen LogP contribution in [-0.2, 0) is 0 Å². The highest BCUT2D eigenvalue weighted by atomic mass is 35.5. The van der Waals surface area contributed by atoms with Crippen LogP contribution in [0.2, 0.25) is 5.02 Å². The maximum absolute atomic E-state index is 9.35. The van der Waals surface area contributed by atoms with E-state index in [1.54, 1.807) is 6.20 Å². The molecule has 1 aliphatic rings. The molecule has 1 aromatic heterocycles. The van der Waals surface area contributed by atoms with E-state index in [9.17, 15) is 5.11 Å². The monoisotopic (exact) mass is 276 g/mol. The lowest BCUT2D eigenvalue weighted by molar-refractivity contribution is 0.209. The Bertz CT molecular complexity index is 587. The topological polar surface area (TPSA) is 36.4 Å². The summed E-state index contributed by atoms with van der Waals surface area (Å²) >= 11 is 6.23. The fourth-order valence-electron chi connectivity index (χ4n) is 2.81. The van der Waals surface area contributed by atoms with Crippen molar-refractivity contribution in [1.82, 2.24) is 4.98 Å². The molecule has 100 valence electrons. The first-order valence-electron chi connectivity index (χ1n) is 6.68. The van der Waals surface area contributed by atoms with Gasteiger partial charge in [-0.1, -0.05) is 11.6 Å². The van der Waals surface area contributed by atoms with E-state index in [0.29, 0.717) is 5.92 Å². The quantitative estimate of drug-likeness (QED) is 0.916. The highest BCUT2D eigenvalue weighted by Gasteiger charge is 2.21. The third-order valence-corrected chi connectivity index (χ3v) is 4.14. The Labute approximate surface area is 117 Å². The summed E-state index contributed by atoms with van der Waals surface area (Å²) in [7, 11) is 0. The summed E-state index contributed by atoms with van der Waals surface area (Å²) in [4.78, 5) is 6.79. The second kappa shape index (κ2) is 5.35. The predicted octanol–water partition coefficient (Wildman–Crippen LogP) is 3.10. The van der Waals surface area contributed by atoms with Crippen LogP contribution in [-0.4, -0.2) is 29.8 Å². The minimum absolute atomic E-state index is 0.259. The molecule has 3 rings (SSSR count). The number of piperidine rings is 1. The number of nitrogens with zero attached hydrogens (tertiary/aromatic N) is 2. The van der Waals surface area contributed by atoms with Gasteiger partial charge in [-0.15, -0.1) is 0 Å². The summed E-state index contributed by atoms with van der Waals surface area (Å²) in [5, 5.41) is 11.1. The zero-order valence-electron chi connectivity index (χ0n) is 10.7. The van der Waals surface area contributed by atoms with Crippen molar-refractivity contribution in [3.63, 3.8) is 0 Å². The highest BCUT2D eigenvalue weighted by molar-refractivity contribution is 6.35. The van der Waals surface area contributed by atoms with Gasteiger partial charge in [0, 0.05) is 31.3 Å². The summed E-state index contributed by atoms with van der Waals surface area (Å²) in [6, 6.07) is 7.88. The van der Waals surface area contributed by atoms with E-state index in [-0.39, 0.29) is 6.61 Å². The average molecular weight is 277 g/mol. The Morgan fingerprint density at radius 2 is 2.26 bits per heavy atom. The Morgan fingerprint density at radius 1 is 1.37 bits per heavy atom. The second-order valence-corrected chi connectivity index (χ2v) is 5.51. The SMILES string of the molecule is OCC1CCCN(c2ccc(Cl)c3cccnc23)C1. The first kappa shape index (κ1) is 12.7. The van der Waals surface area contributed by atoms with Crippen LogP contribution in [0.1, 0.15) is 12.8 Å². The van der Waals surface area contributed by atoms with Crippen LogP contribution in [0, 0.1) is 5.92 Å². The maximum atomic E-state index is 9.35. The minimum atomic E-state index is 0.259. The van der Waals surface area contributed by atoms with Gasteiger partial charge in [-0.05, 0) is 43.0 Å². The van der Waals surface area contributed by atoms with Gasteiger partial charge in [0.1, 0.15) is 0 Å². The summed E-state index contributed by atoms with van der Waals surface area (Å²) < 4.78 is 0. The van der Waals surface area contributed by atoms with E-state index in [4.69, 9.17) is 11.6 Å². The van der Waals surface area contributed by atoms with E-state index in [1.807, 2.05) is 24.3 Å². The molecule has 4 heteroatoms. The van der Waals surface area contributed by atoms with Gasteiger partial charge < -0.3 is 10.0 Å². The largest absolute Gasteiger partial charge is 0.396 e. The van der Waals surface area contributed by atoms with E-state index < -0.39 is 0 Å². The number of aliphatic hydroxyl groups excluding tert-OH is 1. The molecule has 1 fully saturated rings. The Hall–Kier alpha value is -1.32. The van der Waals surface area contributed by atoms with Crippen molar-refractivity contribution in [2.45, 2.75) is 12.8 Å². The van der Waals surface area contributed by atoms with Crippen LogP contribution in [0.15, 0.2) is 30.5 Å². The molecule has 19 heavy (non-hydrogen) atoms. The molecule has 1 atom stereocenters. The average Bonchev–Trinajstić information content (AvgIpc) is 2.48. The van der Waals surface area contributed by atoms with Crippen molar-refractivity contribution in [1.29, 1.82) is 0 Å². The number of fused-ring (bicyclic) bond motifs is 1. The van der Waals surface area contributed by atoms with Crippen molar-refractivity contribution >= 4 is 28.2 Å². The number of benzene rings is 1. The van der Waals surface area contributed by atoms with Crippen molar-refractivity contribution < 1.29 is 5.11 Å². The van der Waals surface area contributed by atoms with Gasteiger partial charge in [-0.25, -0.2) is 0 Å². The van der Waals surface area contributed by atoms with E-state index in [2.05, 4.69) is 9.88 Å². The van der Waals surface area contributed by atoms with Gasteiger partial charge in [0.2, 0.25) is 0 Å². The first-order chi connectivity index (χ1) is 9.29. The fourth-order valence-corrected chi connectivity index (χ4v) is 3.03. The maximum Gasteiger partial charge on any atom is 0.0950 e. The number of hydrogen-bond acceptors (Lipinski definition) is 3. The standard InChI is InChI=1S/C15H17ClN2O/c16-13-5-6-14(15-12(13)4-1-7-17-15)18-8-2-3-11(9-18)10-19/h1,4-7,11,19H,2-3,8-10H2. The van der Waals surface area contributed by atoms with E-state index in [1.165, 1.54) is 0 Å². The summed E-state index contributed by atoms with van der Waals surface area (Å²) in [5.74, 6) is 0.364. The molecule has 2 heterocycles. The molecule has 1 N–H and O–H groups in total. The van der Waals surface area contributed by atoms with Gasteiger partial charge in [-0.2, -0.15) is 0 Å². The number of anilines is 1. The van der Waals surface area contributed by atoms with Crippen molar-refractivity contribution in [2.75, 3.05) is 24.6 Å². The molecule has 1 aliphatic heterocycles. The van der Waals surface area contributed by atoms with E-state index in [0.717, 1.165) is 47.5 Å². The first-order valence-corrected chi connectivity index (χ1v) is 7.06. The molecule has 1 saturated heterocycles. The summed E-state index contributed by atoms with van der Waals surface area (Å²) in [6.07, 6.45) is 4.02. The Morgan fingerprint density at radius 3 is 3.11 bits per heavy atom. The van der Waals surface area contributed by atoms with Gasteiger partial charge in [0.05, 0.1) is 16.2 Å². The predicted molar refractivity (Wildman–Crippen MR) is 78.8 cm³/mol. The molecular formula is C15H17ClN2O. The van der Waals surface area contributed by atoms with E-state index >= 15 is 0 Å². The fraction of sp³-hybridized carbons (Fsp3) is 0.400. The van der Waals surface area contributed by atoms with Crippen LogP contribution in [0.5, 0.6) is 0 Å². The molecule has 0 aliphatic carbocycles. The third kappa shape index (κ3) is 2.40. The normalized spacial score (nSPS) is 19.9. The zero-order valence-corrected chi connectivity index (χ0v) is 11.5. The van der Waals surface area contributed by atoms with Crippen molar-refractivity contribution in [3.05, 3.63) is 35.5 Å². The summed E-state index contributed by atoms with van der Waals surface area (Å²) in [6.45, 7) is 2.17. The molecule has 1 aromatic carbocycles. The number of aliphatic hydroxyl groups is 1. The van der Waals surface area contributed by atoms with Crippen LogP contribution in [0.25, 0.3) is 10.9 Å². The Balaban J connectivity index is 2.03. The van der Waals surface area contributed by atoms with Gasteiger partial charge in [-0.3, -0.25) is 4.98 Å². The molecule has 0 amide bonds. The molecule has 0 bridgehead atoms. The van der Waals surface area contributed by atoms with Gasteiger partial charge in [0.15, 0.2) is 0 Å². The third-order valence-electron chi connectivity index (χ3n) is 3.81. The number of hydrogen-bond donors (Lipinski definition) is 1. The van der Waals surface area contributed by atoms with Crippen molar-refractivity contribution in [3.8, 4) is 0 Å². The second-order valence-electron chi connectivity index (χ2n) is 5.10. The molecule has 2 aromatic rings. The van der Waals surface area contributed by atoms with Crippen LogP contribution < -0.4 is 4.90 Å². The van der Waals surface area contributed by atoms with Crippen LogP contribution in [0.3, 0.4) is 0 Å². The number of aromatic nitrogens is 1. The smallest absolute Gasteiger partial charge is 0.0950 e. The minimum Gasteiger partial charge on any atom is -0.396 e. The molecular weight excluding hydrogens is 260 g/mol. The molecule has 3 nitrogen and oxygen atoms in total. The molecule has 1 unspecified atom stereocenters. The van der Waals surface area contributed by atoms with Gasteiger partial charge >= 0.3 is 0 Å². The summed E-state index contributed by atoms with van der Waals surface area (Å²) in [5.41, 5.74) is 2.08. The molecule has 0 saturated carbocycles. The van der Waals surface area contributed by atoms with Crippen LogP contribution in [0.4, 0.5) is 5.69 Å². The molecule has 0 spiro atoms. The lowest BCUT2D eigenvalue weighted by atomic mass is 9.98.